The number of para-hydroxylation sites is 1. The lowest BCUT2D eigenvalue weighted by Crippen LogP contribution is -2.03. The second kappa shape index (κ2) is 6.89. The molecule has 0 aromatic heterocycles. The van der Waals surface area contributed by atoms with Gasteiger partial charge in [0.25, 0.3) is 0 Å². The zero-order chi connectivity index (χ0) is 10.9. The Balaban J connectivity index is 2.48. The molecule has 0 amide bonds. The highest BCUT2D eigenvalue weighted by atomic mass is 14.9. The van der Waals surface area contributed by atoms with Crippen LogP contribution in [0.1, 0.15) is 31.7 Å². The maximum absolute atomic E-state index is 8.42. The summed E-state index contributed by atoms with van der Waals surface area (Å²) in [4.78, 5) is 0. The van der Waals surface area contributed by atoms with Crippen molar-refractivity contribution in [3.63, 3.8) is 0 Å². The Labute approximate surface area is 91.9 Å². The first-order chi connectivity index (χ1) is 7.38. The van der Waals surface area contributed by atoms with Crippen LogP contribution >= 0.6 is 0 Å². The summed E-state index contributed by atoms with van der Waals surface area (Å²) in [6.45, 7) is 3.07. The number of hydrogen-bond acceptors (Lipinski definition) is 2. The fraction of sp³-hybridized carbons (Fsp3) is 0.462. The Morgan fingerprint density at radius 2 is 2.13 bits per heavy atom. The Morgan fingerprint density at radius 3 is 2.87 bits per heavy atom. The number of anilines is 1. The van der Waals surface area contributed by atoms with Crippen molar-refractivity contribution in [1.29, 1.82) is 5.26 Å². The van der Waals surface area contributed by atoms with E-state index in [2.05, 4.69) is 36.5 Å². The first-order valence-electron chi connectivity index (χ1n) is 5.57. The average Bonchev–Trinajstić information content (AvgIpc) is 2.27. The molecule has 0 aliphatic carbocycles. The minimum atomic E-state index is 0.628. The van der Waals surface area contributed by atoms with Gasteiger partial charge in [-0.05, 0) is 24.5 Å². The van der Waals surface area contributed by atoms with Crippen LogP contribution in [0.2, 0.25) is 0 Å². The molecule has 0 bridgehead atoms. The van der Waals surface area contributed by atoms with Gasteiger partial charge in [-0.1, -0.05) is 31.5 Å². The van der Waals surface area contributed by atoms with E-state index in [1.165, 1.54) is 11.3 Å². The van der Waals surface area contributed by atoms with Gasteiger partial charge >= 0.3 is 0 Å². The van der Waals surface area contributed by atoms with Crippen molar-refractivity contribution in [2.75, 3.05) is 11.9 Å². The Kier molecular flexibility index (Phi) is 5.32. The van der Waals surface area contributed by atoms with E-state index in [-0.39, 0.29) is 0 Å². The van der Waals surface area contributed by atoms with Crippen LogP contribution in [0.25, 0.3) is 0 Å². The quantitative estimate of drug-likeness (QED) is 0.718. The summed E-state index contributed by atoms with van der Waals surface area (Å²) in [5, 5.41) is 11.8. The minimum absolute atomic E-state index is 0.628. The van der Waals surface area contributed by atoms with Crippen LogP contribution in [0, 0.1) is 11.3 Å². The Morgan fingerprint density at radius 1 is 1.33 bits per heavy atom. The first kappa shape index (κ1) is 11.6. The third kappa shape index (κ3) is 4.03. The summed E-state index contributed by atoms with van der Waals surface area (Å²) in [5.41, 5.74) is 2.59. The Bertz CT molecular complexity index is 326. The van der Waals surface area contributed by atoms with E-state index in [4.69, 9.17) is 5.26 Å². The molecular weight excluding hydrogens is 184 g/mol. The van der Waals surface area contributed by atoms with Gasteiger partial charge < -0.3 is 5.32 Å². The van der Waals surface area contributed by atoms with Crippen LogP contribution < -0.4 is 5.32 Å². The van der Waals surface area contributed by atoms with Crippen molar-refractivity contribution >= 4 is 5.69 Å². The van der Waals surface area contributed by atoms with Gasteiger partial charge in [-0.25, -0.2) is 0 Å². The van der Waals surface area contributed by atoms with E-state index >= 15 is 0 Å². The van der Waals surface area contributed by atoms with Gasteiger partial charge in [-0.3, -0.25) is 0 Å². The summed E-state index contributed by atoms with van der Waals surface area (Å²) in [6.07, 6.45) is 3.82. The predicted molar refractivity (Wildman–Crippen MR) is 63.8 cm³/mol. The average molecular weight is 202 g/mol. The monoisotopic (exact) mass is 202 g/mol. The summed E-state index contributed by atoms with van der Waals surface area (Å²) >= 11 is 0. The summed E-state index contributed by atoms with van der Waals surface area (Å²) < 4.78 is 0. The standard InChI is InChI=1S/C13H18N2/c1-2-7-12-8-3-4-9-13(12)15-11-6-5-10-14/h3-4,8-9,15H,2,5-7,11H2,1H3. The lowest BCUT2D eigenvalue weighted by atomic mass is 10.1. The number of benzene rings is 1. The van der Waals surface area contributed by atoms with Gasteiger partial charge in [0.15, 0.2) is 0 Å². The number of nitrogens with one attached hydrogen (secondary N) is 1. The number of rotatable bonds is 6. The minimum Gasteiger partial charge on any atom is -0.385 e. The zero-order valence-electron chi connectivity index (χ0n) is 9.29. The summed E-state index contributed by atoms with van der Waals surface area (Å²) in [6, 6.07) is 10.5. The topological polar surface area (TPSA) is 35.8 Å². The van der Waals surface area contributed by atoms with Gasteiger partial charge in [0.05, 0.1) is 6.07 Å². The number of aryl methyl sites for hydroxylation is 1. The Hall–Kier alpha value is -1.49. The third-order valence-corrected chi connectivity index (χ3v) is 2.32. The molecule has 0 radical (unpaired) electrons. The van der Waals surface area contributed by atoms with Crippen molar-refractivity contribution < 1.29 is 0 Å². The molecule has 2 nitrogen and oxygen atoms in total. The summed E-state index contributed by atoms with van der Waals surface area (Å²) in [5.74, 6) is 0. The van der Waals surface area contributed by atoms with Crippen LogP contribution in [0.4, 0.5) is 5.69 Å². The fourth-order valence-corrected chi connectivity index (χ4v) is 1.57. The first-order valence-corrected chi connectivity index (χ1v) is 5.57. The molecule has 0 saturated carbocycles. The molecule has 0 aliphatic rings. The fourth-order valence-electron chi connectivity index (χ4n) is 1.57. The lowest BCUT2D eigenvalue weighted by molar-refractivity contribution is 0.884. The number of nitrogens with zero attached hydrogens (tertiary/aromatic N) is 1. The lowest BCUT2D eigenvalue weighted by Gasteiger charge is -2.10. The molecule has 1 rings (SSSR count). The van der Waals surface area contributed by atoms with Crippen molar-refractivity contribution in [2.45, 2.75) is 32.6 Å². The second-order valence-corrected chi connectivity index (χ2v) is 3.60. The van der Waals surface area contributed by atoms with Gasteiger partial charge in [0, 0.05) is 18.7 Å². The molecule has 0 atom stereocenters. The number of unbranched alkanes of at least 4 members (excludes halogenated alkanes) is 1. The normalized spacial score (nSPS) is 9.60. The molecule has 1 N–H and O–H groups in total. The van der Waals surface area contributed by atoms with Crippen molar-refractivity contribution in [1.82, 2.24) is 0 Å². The van der Waals surface area contributed by atoms with E-state index < -0.39 is 0 Å². The molecule has 0 heterocycles. The number of hydrogen-bond donors (Lipinski definition) is 1. The van der Waals surface area contributed by atoms with E-state index in [0.29, 0.717) is 6.42 Å². The van der Waals surface area contributed by atoms with Crippen LogP contribution in [0.3, 0.4) is 0 Å². The molecule has 0 aliphatic heterocycles. The highest BCUT2D eigenvalue weighted by Crippen LogP contribution is 2.16. The van der Waals surface area contributed by atoms with E-state index in [0.717, 1.165) is 25.8 Å². The van der Waals surface area contributed by atoms with Crippen LogP contribution in [0.15, 0.2) is 24.3 Å². The largest absolute Gasteiger partial charge is 0.385 e. The molecule has 0 saturated heterocycles. The molecule has 80 valence electrons. The van der Waals surface area contributed by atoms with Crippen molar-refractivity contribution in [3.8, 4) is 6.07 Å². The molecule has 0 spiro atoms. The number of nitriles is 1. The third-order valence-electron chi connectivity index (χ3n) is 2.32. The molecule has 1 aromatic carbocycles. The molecule has 2 heteroatoms. The highest BCUT2D eigenvalue weighted by Gasteiger charge is 1.98. The van der Waals surface area contributed by atoms with Gasteiger partial charge in [-0.15, -0.1) is 0 Å². The molecule has 15 heavy (non-hydrogen) atoms. The van der Waals surface area contributed by atoms with E-state index in [1.54, 1.807) is 0 Å². The van der Waals surface area contributed by atoms with E-state index in [1.807, 2.05) is 6.07 Å². The van der Waals surface area contributed by atoms with Crippen LogP contribution in [0.5, 0.6) is 0 Å². The second-order valence-electron chi connectivity index (χ2n) is 3.60. The SMILES string of the molecule is CCCc1ccccc1NCCCC#N. The zero-order valence-corrected chi connectivity index (χ0v) is 9.29. The predicted octanol–water partition coefficient (Wildman–Crippen LogP) is 3.35. The molecule has 1 aromatic rings. The van der Waals surface area contributed by atoms with Crippen molar-refractivity contribution in [3.05, 3.63) is 29.8 Å². The van der Waals surface area contributed by atoms with Crippen molar-refractivity contribution in [2.24, 2.45) is 0 Å². The van der Waals surface area contributed by atoms with Gasteiger partial charge in [0.2, 0.25) is 0 Å². The van der Waals surface area contributed by atoms with E-state index in [9.17, 15) is 0 Å². The highest BCUT2D eigenvalue weighted by molar-refractivity contribution is 5.51. The van der Waals surface area contributed by atoms with Crippen LogP contribution in [-0.2, 0) is 6.42 Å². The maximum Gasteiger partial charge on any atom is 0.0622 e. The maximum atomic E-state index is 8.42. The van der Waals surface area contributed by atoms with Gasteiger partial charge in [0.1, 0.15) is 0 Å². The van der Waals surface area contributed by atoms with Crippen LogP contribution in [-0.4, -0.2) is 6.54 Å². The smallest absolute Gasteiger partial charge is 0.0622 e. The molecule has 0 unspecified atom stereocenters. The molecular formula is C13H18N2. The van der Waals surface area contributed by atoms with Gasteiger partial charge in [-0.2, -0.15) is 5.26 Å². The summed E-state index contributed by atoms with van der Waals surface area (Å²) in [7, 11) is 0. The molecule has 0 fully saturated rings.